The van der Waals surface area contributed by atoms with E-state index in [-0.39, 0.29) is 5.43 Å². The van der Waals surface area contributed by atoms with Crippen LogP contribution in [0, 0.1) is 0 Å². The van der Waals surface area contributed by atoms with Gasteiger partial charge < -0.3 is 4.74 Å². The van der Waals surface area contributed by atoms with Gasteiger partial charge in [-0.1, -0.05) is 30.3 Å². The fourth-order valence-electron chi connectivity index (χ4n) is 2.28. The number of carbonyl (C=O) groups is 1. The lowest BCUT2D eigenvalue weighted by Gasteiger charge is -1.99. The van der Waals surface area contributed by atoms with E-state index in [4.69, 9.17) is 4.74 Å². The molecule has 0 radical (unpaired) electrons. The Bertz CT molecular complexity index is 887. The van der Waals surface area contributed by atoms with Crippen LogP contribution in [0.5, 0.6) is 0 Å². The second-order valence-corrected chi connectivity index (χ2v) is 4.37. The monoisotopic (exact) mass is 265 g/mol. The van der Waals surface area contributed by atoms with E-state index in [1.54, 1.807) is 48.7 Å². The van der Waals surface area contributed by atoms with Gasteiger partial charge in [-0.15, -0.1) is 0 Å². The van der Waals surface area contributed by atoms with Gasteiger partial charge in [-0.05, 0) is 12.1 Å². The van der Waals surface area contributed by atoms with Crippen molar-refractivity contribution in [1.29, 1.82) is 0 Å². The third-order valence-electron chi connectivity index (χ3n) is 3.22. The Morgan fingerprint density at radius 2 is 1.85 bits per heavy atom. The number of esters is 1. The summed E-state index contributed by atoms with van der Waals surface area (Å²) in [5.74, 6) is -0.470. The zero-order valence-electron chi connectivity index (χ0n) is 10.8. The van der Waals surface area contributed by atoms with Crippen molar-refractivity contribution in [2.75, 3.05) is 7.11 Å². The number of hydrogen-bond donors (Lipinski definition) is 0. The van der Waals surface area contributed by atoms with E-state index in [1.807, 2.05) is 0 Å². The number of fused-ring (bicyclic) bond motifs is 2. The smallest absolute Gasteiger partial charge is 0.338 e. The molecule has 2 aromatic carbocycles. The van der Waals surface area contributed by atoms with Crippen LogP contribution in [0.4, 0.5) is 0 Å². The van der Waals surface area contributed by atoms with Gasteiger partial charge in [0.1, 0.15) is 5.52 Å². The van der Waals surface area contributed by atoms with Crippen molar-refractivity contribution >= 4 is 27.6 Å². The Morgan fingerprint density at radius 3 is 2.60 bits per heavy atom. The van der Waals surface area contributed by atoms with E-state index in [0.717, 1.165) is 0 Å². The van der Waals surface area contributed by atoms with Gasteiger partial charge in [-0.2, -0.15) is 0 Å². The number of ether oxygens (including phenoxy) is 1. The van der Waals surface area contributed by atoms with Crippen molar-refractivity contribution < 1.29 is 9.53 Å². The van der Waals surface area contributed by atoms with E-state index in [1.165, 1.54) is 7.11 Å². The third-order valence-corrected chi connectivity index (χ3v) is 3.22. The number of aromatic nitrogens is 1. The van der Waals surface area contributed by atoms with Crippen molar-refractivity contribution in [1.82, 2.24) is 4.98 Å². The van der Waals surface area contributed by atoms with Gasteiger partial charge in [0.05, 0.1) is 12.7 Å². The predicted molar refractivity (Wildman–Crippen MR) is 76.9 cm³/mol. The minimum absolute atomic E-state index is 0.189. The molecule has 3 rings (SSSR count). The van der Waals surface area contributed by atoms with Crippen LogP contribution in [0.1, 0.15) is 10.4 Å². The Balaban J connectivity index is 2.64. The minimum atomic E-state index is -0.470. The van der Waals surface area contributed by atoms with Crippen molar-refractivity contribution in [3.63, 3.8) is 0 Å². The molecule has 3 aromatic rings. The maximum absolute atomic E-state index is 12.5. The van der Waals surface area contributed by atoms with Gasteiger partial charge in [-0.3, -0.25) is 9.78 Å². The summed E-state index contributed by atoms with van der Waals surface area (Å²) >= 11 is 0. The summed E-state index contributed by atoms with van der Waals surface area (Å²) in [6.07, 6.45) is 1.57. The Labute approximate surface area is 114 Å². The molecule has 0 aliphatic carbocycles. The Kier molecular flexibility index (Phi) is 2.91. The standard InChI is InChI=1S/C16H11NO3/c1-20-16(19)13-9-10-5-4-8-17-14(10)15(18)12-7-3-2-6-11(12)13/h2-9H,1H3. The first-order chi connectivity index (χ1) is 9.72. The highest BCUT2D eigenvalue weighted by Crippen LogP contribution is 2.19. The summed E-state index contributed by atoms with van der Waals surface area (Å²) in [6.45, 7) is 0. The quantitative estimate of drug-likeness (QED) is 0.634. The molecule has 0 fully saturated rings. The maximum atomic E-state index is 12.5. The molecule has 4 heteroatoms. The lowest BCUT2D eigenvalue weighted by atomic mass is 10.1. The molecule has 0 saturated heterocycles. The summed E-state index contributed by atoms with van der Waals surface area (Å²) in [5.41, 5.74) is 0.522. The average Bonchev–Trinajstić information content (AvgIpc) is 2.63. The van der Waals surface area contributed by atoms with Crippen LogP contribution in [0.2, 0.25) is 0 Å². The van der Waals surface area contributed by atoms with Crippen LogP contribution in [0.25, 0.3) is 21.7 Å². The van der Waals surface area contributed by atoms with Gasteiger partial charge in [0, 0.05) is 22.4 Å². The van der Waals surface area contributed by atoms with Crippen LogP contribution in [-0.4, -0.2) is 18.1 Å². The zero-order chi connectivity index (χ0) is 14.1. The predicted octanol–water partition coefficient (Wildman–Crippen LogP) is 2.53. The number of rotatable bonds is 1. The van der Waals surface area contributed by atoms with Crippen LogP contribution >= 0.6 is 0 Å². The molecule has 1 aromatic heterocycles. The molecule has 98 valence electrons. The molecule has 4 nitrogen and oxygen atoms in total. The fourth-order valence-corrected chi connectivity index (χ4v) is 2.28. The summed E-state index contributed by atoms with van der Waals surface area (Å²) in [6, 6.07) is 12.1. The van der Waals surface area contributed by atoms with Gasteiger partial charge in [0.25, 0.3) is 0 Å². The molecule has 20 heavy (non-hydrogen) atoms. The number of methoxy groups -OCH3 is 1. The van der Waals surface area contributed by atoms with E-state index in [2.05, 4.69) is 4.98 Å². The first-order valence-corrected chi connectivity index (χ1v) is 6.11. The molecule has 0 bridgehead atoms. The van der Waals surface area contributed by atoms with Crippen LogP contribution < -0.4 is 5.43 Å². The van der Waals surface area contributed by atoms with Crippen molar-refractivity contribution in [2.24, 2.45) is 0 Å². The normalized spacial score (nSPS) is 10.7. The average molecular weight is 265 g/mol. The van der Waals surface area contributed by atoms with Gasteiger partial charge in [-0.25, -0.2) is 4.79 Å². The van der Waals surface area contributed by atoms with Crippen LogP contribution in [-0.2, 0) is 4.74 Å². The van der Waals surface area contributed by atoms with Gasteiger partial charge in [0.2, 0.25) is 5.43 Å². The zero-order valence-corrected chi connectivity index (χ0v) is 10.8. The highest BCUT2D eigenvalue weighted by molar-refractivity contribution is 6.07. The molecular weight excluding hydrogens is 254 g/mol. The Morgan fingerprint density at radius 1 is 1.10 bits per heavy atom. The first-order valence-electron chi connectivity index (χ1n) is 6.11. The van der Waals surface area contributed by atoms with E-state index in [0.29, 0.717) is 27.2 Å². The van der Waals surface area contributed by atoms with Crippen LogP contribution in [0.15, 0.2) is 53.5 Å². The van der Waals surface area contributed by atoms with Crippen molar-refractivity contribution in [3.8, 4) is 0 Å². The lowest BCUT2D eigenvalue weighted by molar-refractivity contribution is 0.0603. The second kappa shape index (κ2) is 4.74. The van der Waals surface area contributed by atoms with E-state index in [9.17, 15) is 9.59 Å². The van der Waals surface area contributed by atoms with Crippen LogP contribution in [0.3, 0.4) is 0 Å². The highest BCUT2D eigenvalue weighted by Gasteiger charge is 2.13. The molecule has 0 N–H and O–H groups in total. The maximum Gasteiger partial charge on any atom is 0.338 e. The van der Waals surface area contributed by atoms with E-state index < -0.39 is 5.97 Å². The molecule has 0 spiro atoms. The summed E-state index contributed by atoms with van der Waals surface area (Å²) in [7, 11) is 1.32. The Hall–Kier alpha value is -2.75. The van der Waals surface area contributed by atoms with Gasteiger partial charge >= 0.3 is 5.97 Å². The number of nitrogens with zero attached hydrogens (tertiary/aromatic N) is 1. The second-order valence-electron chi connectivity index (χ2n) is 4.37. The summed E-state index contributed by atoms with van der Waals surface area (Å²) in [4.78, 5) is 28.6. The van der Waals surface area contributed by atoms with Crippen molar-refractivity contribution in [3.05, 3.63) is 64.4 Å². The topological polar surface area (TPSA) is 56.3 Å². The SMILES string of the molecule is COC(=O)c1cc2cccnc2c(=O)c2ccccc12. The number of pyridine rings is 1. The summed E-state index contributed by atoms with van der Waals surface area (Å²) < 4.78 is 4.81. The molecule has 0 amide bonds. The van der Waals surface area contributed by atoms with E-state index >= 15 is 0 Å². The molecule has 0 saturated carbocycles. The molecule has 0 aliphatic heterocycles. The molecular formula is C16H11NO3. The fraction of sp³-hybridized carbons (Fsp3) is 0.0625. The molecule has 0 atom stereocenters. The highest BCUT2D eigenvalue weighted by atomic mass is 16.5. The third kappa shape index (κ3) is 1.82. The molecule has 0 unspecified atom stereocenters. The largest absolute Gasteiger partial charge is 0.465 e. The first kappa shape index (κ1) is 12.3. The number of carbonyl (C=O) groups excluding carboxylic acids is 1. The minimum Gasteiger partial charge on any atom is -0.465 e. The number of benzene rings is 1. The lowest BCUT2D eigenvalue weighted by Crippen LogP contribution is -2.02. The molecule has 1 heterocycles. The summed E-state index contributed by atoms with van der Waals surface area (Å²) in [5, 5.41) is 1.65. The van der Waals surface area contributed by atoms with Crippen molar-refractivity contribution in [2.45, 2.75) is 0 Å². The van der Waals surface area contributed by atoms with Gasteiger partial charge in [0.15, 0.2) is 0 Å². The molecule has 0 aliphatic rings. The number of hydrogen-bond acceptors (Lipinski definition) is 4.